The molecule has 1 aliphatic heterocycles. The Morgan fingerprint density at radius 1 is 0.941 bits per heavy atom. The van der Waals surface area contributed by atoms with Gasteiger partial charge in [-0.25, -0.2) is 4.79 Å². The number of rotatable bonds is 2. The molecule has 4 aromatic rings. The van der Waals surface area contributed by atoms with E-state index in [0.29, 0.717) is 6.54 Å². The van der Waals surface area contributed by atoms with Gasteiger partial charge in [-0.05, 0) is 74.4 Å². The van der Waals surface area contributed by atoms with Crippen LogP contribution >= 0.6 is 11.3 Å². The quantitative estimate of drug-likeness (QED) is 0.333. The molecule has 1 aliphatic carbocycles. The molecule has 1 atom stereocenters. The summed E-state index contributed by atoms with van der Waals surface area (Å²) < 4.78 is 2.34. The minimum Gasteiger partial charge on any atom is -0.310 e. The van der Waals surface area contributed by atoms with E-state index in [1.165, 1.54) is 39.4 Å². The van der Waals surface area contributed by atoms with E-state index in [1.54, 1.807) is 0 Å². The molecule has 6 rings (SSSR count). The molecule has 1 N–H and O–H groups in total. The number of thiophene rings is 1. The number of urea groups is 1. The second kappa shape index (κ2) is 8.48. The minimum absolute atomic E-state index is 0.0590. The van der Waals surface area contributed by atoms with Crippen LogP contribution in [0.25, 0.3) is 5.00 Å². The Morgan fingerprint density at radius 3 is 2.56 bits per heavy atom. The summed E-state index contributed by atoms with van der Waals surface area (Å²) >= 11 is 1.92. The fourth-order valence-corrected chi connectivity index (χ4v) is 6.79. The zero-order chi connectivity index (χ0) is 23.2. The van der Waals surface area contributed by atoms with E-state index in [4.69, 9.17) is 0 Å². The lowest BCUT2D eigenvalue weighted by atomic mass is 9.95. The van der Waals surface area contributed by atoms with Gasteiger partial charge in [0, 0.05) is 22.3 Å². The third kappa shape index (κ3) is 3.55. The first kappa shape index (κ1) is 21.2. The average molecular weight is 468 g/mol. The maximum absolute atomic E-state index is 14.0. The van der Waals surface area contributed by atoms with E-state index < -0.39 is 0 Å². The lowest BCUT2D eigenvalue weighted by molar-refractivity contribution is 0.194. The molecule has 2 aliphatic rings. The summed E-state index contributed by atoms with van der Waals surface area (Å²) in [5.41, 5.74) is 8.22. The third-order valence-corrected chi connectivity index (χ3v) is 8.55. The van der Waals surface area contributed by atoms with Crippen molar-refractivity contribution in [3.05, 3.63) is 105 Å². The molecule has 1 unspecified atom stereocenters. The summed E-state index contributed by atoms with van der Waals surface area (Å²) in [6.45, 7) is 4.75. The number of carbonyl (C=O) groups is 1. The highest BCUT2D eigenvalue weighted by atomic mass is 32.1. The summed E-state index contributed by atoms with van der Waals surface area (Å²) in [4.78, 5) is 17.5. The molecule has 4 nitrogen and oxygen atoms in total. The van der Waals surface area contributed by atoms with Crippen LogP contribution in [0.15, 0.2) is 66.9 Å². The van der Waals surface area contributed by atoms with Crippen LogP contribution in [0.1, 0.15) is 57.3 Å². The van der Waals surface area contributed by atoms with Crippen LogP contribution < -0.4 is 5.32 Å². The minimum atomic E-state index is -0.168. The number of hydrogen-bond donors (Lipinski definition) is 1. The molecule has 3 heterocycles. The predicted molar refractivity (Wildman–Crippen MR) is 139 cm³/mol. The summed E-state index contributed by atoms with van der Waals surface area (Å²) in [6, 6.07) is 20.7. The SMILES string of the molecule is Cc1ccc(C2c3cccn3-c3sc4c(c3CN2C(=O)Nc2ccccc2C)CCCC4)cc1. The lowest BCUT2D eigenvalue weighted by Gasteiger charge is -2.31. The zero-order valence-corrected chi connectivity index (χ0v) is 20.5. The Labute approximate surface area is 204 Å². The van der Waals surface area contributed by atoms with Gasteiger partial charge in [-0.15, -0.1) is 11.3 Å². The van der Waals surface area contributed by atoms with Gasteiger partial charge in [0.2, 0.25) is 0 Å². The van der Waals surface area contributed by atoms with Crippen molar-refractivity contribution in [1.29, 1.82) is 0 Å². The van der Waals surface area contributed by atoms with Crippen LogP contribution in [-0.4, -0.2) is 15.5 Å². The Bertz CT molecular complexity index is 1360. The number of amides is 2. The molecule has 0 radical (unpaired) electrons. The number of aryl methyl sites for hydroxylation is 3. The highest BCUT2D eigenvalue weighted by molar-refractivity contribution is 7.15. The first-order valence-electron chi connectivity index (χ1n) is 12.1. The highest BCUT2D eigenvalue weighted by Gasteiger charge is 2.36. The van der Waals surface area contributed by atoms with E-state index in [0.717, 1.165) is 35.3 Å². The second-order valence-electron chi connectivity index (χ2n) is 9.48. The van der Waals surface area contributed by atoms with Crippen LogP contribution in [0, 0.1) is 13.8 Å². The molecule has 0 saturated carbocycles. The van der Waals surface area contributed by atoms with E-state index in [1.807, 2.05) is 47.4 Å². The summed E-state index contributed by atoms with van der Waals surface area (Å²) in [5, 5.41) is 4.51. The number of nitrogens with one attached hydrogen (secondary N) is 1. The van der Waals surface area contributed by atoms with Crippen molar-refractivity contribution in [1.82, 2.24) is 9.47 Å². The number of hydrogen-bond acceptors (Lipinski definition) is 2. The molecular weight excluding hydrogens is 438 g/mol. The van der Waals surface area contributed by atoms with E-state index >= 15 is 0 Å². The van der Waals surface area contributed by atoms with Gasteiger partial charge in [0.05, 0.1) is 18.3 Å². The number of benzene rings is 2. The number of aromatic nitrogens is 1. The third-order valence-electron chi connectivity index (χ3n) is 7.22. The molecule has 5 heteroatoms. The topological polar surface area (TPSA) is 37.3 Å². The normalized spacial score (nSPS) is 16.9. The molecule has 2 amide bonds. The maximum atomic E-state index is 14.0. The molecule has 2 aromatic carbocycles. The van der Waals surface area contributed by atoms with Gasteiger partial charge < -0.3 is 14.8 Å². The summed E-state index contributed by atoms with van der Waals surface area (Å²) in [6.07, 6.45) is 6.92. The van der Waals surface area contributed by atoms with Crippen LogP contribution in [0.5, 0.6) is 0 Å². The fraction of sp³-hybridized carbons (Fsp3) is 0.276. The number of carbonyl (C=O) groups excluding carboxylic acids is 1. The van der Waals surface area contributed by atoms with Gasteiger partial charge in [0.1, 0.15) is 5.00 Å². The van der Waals surface area contributed by atoms with Crippen LogP contribution in [0.3, 0.4) is 0 Å². The van der Waals surface area contributed by atoms with Crippen molar-refractivity contribution in [3.63, 3.8) is 0 Å². The fourth-order valence-electron chi connectivity index (χ4n) is 5.39. The second-order valence-corrected chi connectivity index (χ2v) is 10.6. The molecule has 172 valence electrons. The molecule has 2 aromatic heterocycles. The van der Waals surface area contributed by atoms with Crippen molar-refractivity contribution in [2.75, 3.05) is 5.32 Å². The van der Waals surface area contributed by atoms with Crippen LogP contribution in [0.4, 0.5) is 10.5 Å². The average Bonchev–Trinajstić information content (AvgIpc) is 3.43. The van der Waals surface area contributed by atoms with Gasteiger partial charge in [0.15, 0.2) is 0 Å². The van der Waals surface area contributed by atoms with E-state index in [2.05, 4.69) is 59.4 Å². The van der Waals surface area contributed by atoms with Gasteiger partial charge in [-0.2, -0.15) is 0 Å². The Kier molecular flexibility index (Phi) is 5.30. The van der Waals surface area contributed by atoms with Crippen molar-refractivity contribution in [3.8, 4) is 5.00 Å². The van der Waals surface area contributed by atoms with Crippen molar-refractivity contribution >= 4 is 23.1 Å². The van der Waals surface area contributed by atoms with Crippen molar-refractivity contribution in [2.24, 2.45) is 0 Å². The highest BCUT2D eigenvalue weighted by Crippen LogP contribution is 2.44. The molecule has 34 heavy (non-hydrogen) atoms. The maximum Gasteiger partial charge on any atom is 0.322 e. The monoisotopic (exact) mass is 467 g/mol. The van der Waals surface area contributed by atoms with Crippen molar-refractivity contribution < 1.29 is 4.79 Å². The van der Waals surface area contributed by atoms with E-state index in [-0.39, 0.29) is 12.1 Å². The van der Waals surface area contributed by atoms with E-state index in [9.17, 15) is 4.79 Å². The largest absolute Gasteiger partial charge is 0.322 e. The standard InChI is InChI=1S/C29H29N3OS/c1-19-13-15-21(16-14-19)27-25-11-7-17-31(25)28-23(22-9-4-6-12-26(22)34-28)18-32(27)29(33)30-24-10-5-3-8-20(24)2/h3,5,7-8,10-11,13-17,27H,4,6,9,12,18H2,1-2H3,(H,30,33). The molecule has 0 bridgehead atoms. The summed E-state index contributed by atoms with van der Waals surface area (Å²) in [5.74, 6) is 0. The Balaban J connectivity index is 1.51. The summed E-state index contributed by atoms with van der Waals surface area (Å²) in [7, 11) is 0. The smallest absolute Gasteiger partial charge is 0.310 e. The lowest BCUT2D eigenvalue weighted by Crippen LogP contribution is -2.38. The number of para-hydroxylation sites is 1. The van der Waals surface area contributed by atoms with Gasteiger partial charge in [0.25, 0.3) is 0 Å². The van der Waals surface area contributed by atoms with Crippen LogP contribution in [-0.2, 0) is 19.4 Å². The number of anilines is 1. The molecular formula is C29H29N3OS. The first-order chi connectivity index (χ1) is 16.6. The molecule has 0 saturated heterocycles. The van der Waals surface area contributed by atoms with Crippen LogP contribution in [0.2, 0.25) is 0 Å². The zero-order valence-electron chi connectivity index (χ0n) is 19.7. The van der Waals surface area contributed by atoms with Gasteiger partial charge in [-0.1, -0.05) is 48.0 Å². The number of nitrogens with zero attached hydrogens (tertiary/aromatic N) is 2. The molecule has 0 fully saturated rings. The Hall–Kier alpha value is -3.31. The van der Waals surface area contributed by atoms with Crippen molar-refractivity contribution in [2.45, 2.75) is 52.1 Å². The Morgan fingerprint density at radius 2 is 1.74 bits per heavy atom. The number of fused-ring (bicyclic) bond motifs is 5. The first-order valence-corrected chi connectivity index (χ1v) is 12.9. The predicted octanol–water partition coefficient (Wildman–Crippen LogP) is 7.17. The van der Waals surface area contributed by atoms with Gasteiger partial charge >= 0.3 is 6.03 Å². The van der Waals surface area contributed by atoms with Gasteiger partial charge in [-0.3, -0.25) is 0 Å². The molecule has 0 spiro atoms.